The number of carboxylic acid groups (broad SMARTS) is 1. The third kappa shape index (κ3) is 2.11. The standard InChI is InChI=1S/C15H9ClO3S/c16-9-5-6-12-14(13(9)15(18)19)10(17)7-8-3-1-2-4-11(8)20-12/h1-6H,7H2,(H,18,19)/p-1. The van der Waals surface area contributed by atoms with Gasteiger partial charge in [0.05, 0.1) is 11.0 Å². The normalized spacial score (nSPS) is 13.3. The van der Waals surface area contributed by atoms with E-state index in [2.05, 4.69) is 0 Å². The first-order valence-electron chi connectivity index (χ1n) is 5.90. The maximum Gasteiger partial charge on any atom is 0.169 e. The van der Waals surface area contributed by atoms with Crippen LogP contribution in [-0.4, -0.2) is 11.8 Å². The minimum Gasteiger partial charge on any atom is -0.545 e. The highest BCUT2D eigenvalue weighted by molar-refractivity contribution is 7.99. The number of halogens is 1. The number of hydrogen-bond donors (Lipinski definition) is 0. The van der Waals surface area contributed by atoms with Gasteiger partial charge in [-0.3, -0.25) is 4.79 Å². The van der Waals surface area contributed by atoms with E-state index < -0.39 is 5.97 Å². The van der Waals surface area contributed by atoms with Gasteiger partial charge in [-0.1, -0.05) is 41.6 Å². The molecule has 2 aromatic carbocycles. The predicted molar refractivity (Wildman–Crippen MR) is 74.4 cm³/mol. The van der Waals surface area contributed by atoms with Crippen molar-refractivity contribution in [3.8, 4) is 0 Å². The van der Waals surface area contributed by atoms with Crippen LogP contribution in [0.15, 0.2) is 46.2 Å². The zero-order valence-electron chi connectivity index (χ0n) is 10.2. The summed E-state index contributed by atoms with van der Waals surface area (Å²) in [4.78, 5) is 25.2. The second-order valence-corrected chi connectivity index (χ2v) is 5.88. The maximum atomic E-state index is 12.4. The van der Waals surface area contributed by atoms with Crippen LogP contribution in [0.3, 0.4) is 0 Å². The smallest absolute Gasteiger partial charge is 0.169 e. The van der Waals surface area contributed by atoms with E-state index in [9.17, 15) is 14.7 Å². The zero-order valence-corrected chi connectivity index (χ0v) is 11.8. The summed E-state index contributed by atoms with van der Waals surface area (Å²) in [6, 6.07) is 10.7. The van der Waals surface area contributed by atoms with Crippen molar-refractivity contribution < 1.29 is 14.7 Å². The number of benzene rings is 2. The van der Waals surface area contributed by atoms with Gasteiger partial charge in [-0.2, -0.15) is 0 Å². The molecule has 0 atom stereocenters. The summed E-state index contributed by atoms with van der Waals surface area (Å²) >= 11 is 7.28. The Balaban J connectivity index is 2.25. The van der Waals surface area contributed by atoms with Gasteiger partial charge < -0.3 is 9.90 Å². The largest absolute Gasteiger partial charge is 0.545 e. The van der Waals surface area contributed by atoms with Crippen LogP contribution in [0, 0.1) is 0 Å². The summed E-state index contributed by atoms with van der Waals surface area (Å²) in [6.07, 6.45) is 0.163. The summed E-state index contributed by atoms with van der Waals surface area (Å²) in [5, 5.41) is 11.3. The number of carbonyl (C=O) groups is 2. The van der Waals surface area contributed by atoms with Gasteiger partial charge in [0, 0.05) is 27.3 Å². The van der Waals surface area contributed by atoms with Gasteiger partial charge >= 0.3 is 0 Å². The fraction of sp³-hybridized carbons (Fsp3) is 0.0667. The molecule has 1 aliphatic rings. The van der Waals surface area contributed by atoms with Crippen LogP contribution in [0.5, 0.6) is 0 Å². The van der Waals surface area contributed by atoms with Crippen LogP contribution in [0.2, 0.25) is 5.02 Å². The molecule has 0 radical (unpaired) electrons. The van der Waals surface area contributed by atoms with Gasteiger partial charge in [-0.15, -0.1) is 0 Å². The summed E-state index contributed by atoms with van der Waals surface area (Å²) in [5.74, 6) is -1.68. The monoisotopic (exact) mass is 303 g/mol. The molecule has 3 nitrogen and oxygen atoms in total. The van der Waals surface area contributed by atoms with Crippen molar-refractivity contribution in [1.29, 1.82) is 0 Å². The SMILES string of the molecule is O=C([O-])c1c(Cl)ccc2c1C(=O)Cc1ccccc1S2. The van der Waals surface area contributed by atoms with Crippen molar-refractivity contribution in [3.63, 3.8) is 0 Å². The quantitative estimate of drug-likeness (QED) is 0.812. The van der Waals surface area contributed by atoms with E-state index in [4.69, 9.17) is 11.6 Å². The number of rotatable bonds is 1. The fourth-order valence-corrected chi connectivity index (χ4v) is 3.59. The van der Waals surface area contributed by atoms with Crippen LogP contribution in [0.4, 0.5) is 0 Å². The molecule has 0 amide bonds. The van der Waals surface area contributed by atoms with Gasteiger partial charge in [-0.25, -0.2) is 0 Å². The van der Waals surface area contributed by atoms with Crippen molar-refractivity contribution in [2.24, 2.45) is 0 Å². The molecule has 0 aliphatic carbocycles. The highest BCUT2D eigenvalue weighted by Crippen LogP contribution is 2.39. The predicted octanol–water partition coefficient (Wildman–Crippen LogP) is 2.59. The molecule has 0 aromatic heterocycles. The topological polar surface area (TPSA) is 57.2 Å². The molecule has 0 spiro atoms. The molecule has 0 N–H and O–H groups in total. The summed E-state index contributed by atoms with van der Waals surface area (Å²) in [5.41, 5.74) is 0.826. The molecule has 1 heterocycles. The lowest BCUT2D eigenvalue weighted by Crippen LogP contribution is -2.26. The Hall–Kier alpha value is -1.78. The minimum absolute atomic E-state index is 0.0312. The Morgan fingerprint density at radius 2 is 1.90 bits per heavy atom. The Morgan fingerprint density at radius 1 is 1.15 bits per heavy atom. The van der Waals surface area contributed by atoms with Crippen molar-refractivity contribution in [2.75, 3.05) is 0 Å². The molecule has 0 saturated heterocycles. The van der Waals surface area contributed by atoms with E-state index in [1.165, 1.54) is 17.8 Å². The van der Waals surface area contributed by atoms with Crippen LogP contribution >= 0.6 is 23.4 Å². The summed E-state index contributed by atoms with van der Waals surface area (Å²) in [6.45, 7) is 0. The molecular weight excluding hydrogens is 296 g/mol. The van der Waals surface area contributed by atoms with Gasteiger partial charge in [0.2, 0.25) is 0 Å². The fourth-order valence-electron chi connectivity index (χ4n) is 2.25. The molecule has 0 unspecified atom stereocenters. The van der Waals surface area contributed by atoms with E-state index in [1.807, 2.05) is 24.3 Å². The van der Waals surface area contributed by atoms with Crippen molar-refractivity contribution in [2.45, 2.75) is 16.2 Å². The first kappa shape index (κ1) is 13.2. The summed E-state index contributed by atoms with van der Waals surface area (Å²) < 4.78 is 0. The Labute approximate surface area is 124 Å². The van der Waals surface area contributed by atoms with Gasteiger partial charge in [0.15, 0.2) is 5.78 Å². The number of fused-ring (bicyclic) bond motifs is 2. The highest BCUT2D eigenvalue weighted by Gasteiger charge is 2.24. The molecule has 0 bridgehead atoms. The number of carboxylic acids is 1. The van der Waals surface area contributed by atoms with Crippen LogP contribution in [0.25, 0.3) is 0 Å². The molecule has 2 aromatic rings. The van der Waals surface area contributed by atoms with Crippen molar-refractivity contribution in [3.05, 3.63) is 58.1 Å². The number of aromatic carboxylic acids is 1. The Kier molecular flexibility index (Phi) is 3.28. The molecule has 100 valence electrons. The third-order valence-corrected chi connectivity index (χ3v) is 4.64. The molecule has 1 aliphatic heterocycles. The molecule has 3 rings (SSSR count). The van der Waals surface area contributed by atoms with E-state index in [-0.39, 0.29) is 28.4 Å². The maximum absolute atomic E-state index is 12.4. The lowest BCUT2D eigenvalue weighted by atomic mass is 9.98. The first-order chi connectivity index (χ1) is 9.58. The molecular formula is C15H8ClO3S-. The van der Waals surface area contributed by atoms with Crippen LogP contribution in [0.1, 0.15) is 26.3 Å². The molecule has 0 fully saturated rings. The number of Topliss-reactive ketones (excluding diaryl/α,β-unsaturated/α-hetero) is 1. The highest BCUT2D eigenvalue weighted by atomic mass is 35.5. The van der Waals surface area contributed by atoms with Crippen LogP contribution in [-0.2, 0) is 6.42 Å². The van der Waals surface area contributed by atoms with E-state index in [0.29, 0.717) is 4.90 Å². The second-order valence-electron chi connectivity index (χ2n) is 4.39. The van der Waals surface area contributed by atoms with E-state index in [1.54, 1.807) is 6.07 Å². The van der Waals surface area contributed by atoms with Crippen molar-refractivity contribution >= 4 is 35.1 Å². The molecule has 5 heteroatoms. The lowest BCUT2D eigenvalue weighted by Gasteiger charge is -2.13. The number of carbonyl (C=O) groups excluding carboxylic acids is 2. The van der Waals surface area contributed by atoms with Gasteiger partial charge in [-0.05, 0) is 23.8 Å². The Bertz CT molecular complexity index is 740. The third-order valence-electron chi connectivity index (χ3n) is 3.14. The van der Waals surface area contributed by atoms with E-state index in [0.717, 1.165) is 10.5 Å². The average Bonchev–Trinajstić information content (AvgIpc) is 2.55. The Morgan fingerprint density at radius 3 is 2.65 bits per heavy atom. The second kappa shape index (κ2) is 4.96. The molecule has 0 saturated carbocycles. The van der Waals surface area contributed by atoms with Gasteiger partial charge in [0.25, 0.3) is 0 Å². The van der Waals surface area contributed by atoms with Gasteiger partial charge in [0.1, 0.15) is 0 Å². The summed E-state index contributed by atoms with van der Waals surface area (Å²) in [7, 11) is 0. The number of hydrogen-bond acceptors (Lipinski definition) is 4. The minimum atomic E-state index is -1.42. The molecule has 20 heavy (non-hydrogen) atoms. The zero-order chi connectivity index (χ0) is 14.3. The van der Waals surface area contributed by atoms with Crippen LogP contribution < -0.4 is 5.11 Å². The van der Waals surface area contributed by atoms with E-state index >= 15 is 0 Å². The number of ketones is 1. The lowest BCUT2D eigenvalue weighted by molar-refractivity contribution is -0.255. The first-order valence-corrected chi connectivity index (χ1v) is 7.10. The average molecular weight is 304 g/mol. The van der Waals surface area contributed by atoms with Crippen molar-refractivity contribution in [1.82, 2.24) is 0 Å².